The normalized spacial score (nSPS) is 14.7. The van der Waals surface area contributed by atoms with Gasteiger partial charge in [-0.15, -0.1) is 0 Å². The minimum absolute atomic E-state index is 0.208. The van der Waals surface area contributed by atoms with E-state index in [1.807, 2.05) is 6.07 Å². The Balaban J connectivity index is 2.42. The number of hydrogen-bond donors (Lipinski definition) is 1. The molecule has 1 aliphatic heterocycles. The molecule has 0 aromatic heterocycles. The number of hydrogen-bond acceptors (Lipinski definition) is 2. The fourth-order valence-corrected chi connectivity index (χ4v) is 1.45. The molecular formula is C11H15NO. The Bertz CT molecular complexity index is 325. The molecule has 0 unspecified atom stereocenters. The summed E-state index contributed by atoms with van der Waals surface area (Å²) >= 11 is 0. The van der Waals surface area contributed by atoms with Crippen molar-refractivity contribution in [3.63, 3.8) is 0 Å². The van der Waals surface area contributed by atoms with Crippen molar-refractivity contribution in [2.45, 2.75) is 26.2 Å². The first-order valence-electron chi connectivity index (χ1n) is 4.58. The topological polar surface area (TPSA) is 21.3 Å². The van der Waals surface area contributed by atoms with Gasteiger partial charge in [0, 0.05) is 0 Å². The average Bonchev–Trinajstić information content (AvgIpc) is 2.47. The lowest BCUT2D eigenvalue weighted by Gasteiger charge is -2.19. The highest BCUT2D eigenvalue weighted by Crippen LogP contribution is 2.33. The minimum Gasteiger partial charge on any atom is -0.471 e. The number of anilines is 1. The number of ether oxygens (including phenoxy) is 1. The Morgan fingerprint density at radius 3 is 2.77 bits per heavy atom. The zero-order valence-electron chi connectivity index (χ0n) is 8.35. The van der Waals surface area contributed by atoms with Gasteiger partial charge in [-0.05, 0) is 23.1 Å². The number of fused-ring (bicyclic) bond motifs is 1. The molecule has 0 atom stereocenters. The van der Waals surface area contributed by atoms with Crippen LogP contribution in [0.3, 0.4) is 0 Å². The fraction of sp³-hybridized carbons (Fsp3) is 0.455. The molecule has 1 N–H and O–H groups in total. The summed E-state index contributed by atoms with van der Waals surface area (Å²) in [4.78, 5) is 0. The SMILES string of the molecule is CC(C)(C)c1ccc2c(c1)NCO2. The number of rotatable bonds is 0. The maximum absolute atomic E-state index is 5.35. The zero-order valence-corrected chi connectivity index (χ0v) is 8.35. The largest absolute Gasteiger partial charge is 0.471 e. The molecule has 2 heteroatoms. The summed E-state index contributed by atoms with van der Waals surface area (Å²) in [5.74, 6) is 0.966. The van der Waals surface area contributed by atoms with Gasteiger partial charge in [-0.25, -0.2) is 0 Å². The van der Waals surface area contributed by atoms with Gasteiger partial charge in [0.25, 0.3) is 0 Å². The molecule has 2 nitrogen and oxygen atoms in total. The van der Waals surface area contributed by atoms with Crippen LogP contribution in [0, 0.1) is 0 Å². The van der Waals surface area contributed by atoms with Gasteiger partial charge in [0.2, 0.25) is 0 Å². The fourth-order valence-electron chi connectivity index (χ4n) is 1.45. The Morgan fingerprint density at radius 2 is 2.08 bits per heavy atom. The van der Waals surface area contributed by atoms with Crippen LogP contribution in [0.5, 0.6) is 5.75 Å². The van der Waals surface area contributed by atoms with E-state index in [2.05, 4.69) is 38.2 Å². The smallest absolute Gasteiger partial charge is 0.159 e. The van der Waals surface area contributed by atoms with Crippen molar-refractivity contribution in [3.05, 3.63) is 23.8 Å². The molecule has 13 heavy (non-hydrogen) atoms. The van der Waals surface area contributed by atoms with Crippen molar-refractivity contribution in [2.75, 3.05) is 12.0 Å². The van der Waals surface area contributed by atoms with Crippen LogP contribution in [0.4, 0.5) is 5.69 Å². The Labute approximate surface area is 78.9 Å². The molecule has 70 valence electrons. The van der Waals surface area contributed by atoms with E-state index in [-0.39, 0.29) is 5.41 Å². The van der Waals surface area contributed by atoms with Crippen molar-refractivity contribution in [1.82, 2.24) is 0 Å². The molecule has 0 amide bonds. The van der Waals surface area contributed by atoms with Crippen molar-refractivity contribution < 1.29 is 4.74 Å². The minimum atomic E-state index is 0.208. The van der Waals surface area contributed by atoms with Gasteiger partial charge in [0.05, 0.1) is 5.69 Å². The van der Waals surface area contributed by atoms with Crippen LogP contribution in [-0.2, 0) is 5.41 Å². The molecule has 0 bridgehead atoms. The van der Waals surface area contributed by atoms with Gasteiger partial charge in [-0.1, -0.05) is 26.8 Å². The Kier molecular flexibility index (Phi) is 1.72. The van der Waals surface area contributed by atoms with Crippen LogP contribution in [0.25, 0.3) is 0 Å². The van der Waals surface area contributed by atoms with Crippen LogP contribution in [0.2, 0.25) is 0 Å². The lowest BCUT2D eigenvalue weighted by molar-refractivity contribution is 0.372. The molecule has 1 aromatic carbocycles. The molecular weight excluding hydrogens is 162 g/mol. The predicted octanol–water partition coefficient (Wildman–Crippen LogP) is 2.75. The highest BCUT2D eigenvalue weighted by atomic mass is 16.5. The summed E-state index contributed by atoms with van der Waals surface area (Å²) in [5.41, 5.74) is 2.66. The molecule has 0 saturated heterocycles. The monoisotopic (exact) mass is 177 g/mol. The second-order valence-electron chi connectivity index (χ2n) is 4.43. The van der Waals surface area contributed by atoms with Gasteiger partial charge in [-0.3, -0.25) is 0 Å². The Hall–Kier alpha value is -1.18. The van der Waals surface area contributed by atoms with E-state index in [0.717, 1.165) is 11.4 Å². The highest BCUT2D eigenvalue weighted by molar-refractivity contribution is 5.61. The third-order valence-electron chi connectivity index (χ3n) is 2.34. The molecule has 0 aliphatic carbocycles. The van der Waals surface area contributed by atoms with E-state index in [9.17, 15) is 0 Å². The molecule has 1 heterocycles. The molecule has 0 fully saturated rings. The summed E-state index contributed by atoms with van der Waals surface area (Å²) in [6.07, 6.45) is 0. The van der Waals surface area contributed by atoms with Crippen molar-refractivity contribution in [2.24, 2.45) is 0 Å². The lowest BCUT2D eigenvalue weighted by atomic mass is 9.87. The van der Waals surface area contributed by atoms with Gasteiger partial charge < -0.3 is 10.1 Å². The van der Waals surface area contributed by atoms with Crippen LogP contribution in [0.15, 0.2) is 18.2 Å². The van der Waals surface area contributed by atoms with Crippen molar-refractivity contribution >= 4 is 5.69 Å². The third-order valence-corrected chi connectivity index (χ3v) is 2.34. The van der Waals surface area contributed by atoms with E-state index >= 15 is 0 Å². The predicted molar refractivity (Wildman–Crippen MR) is 54.3 cm³/mol. The molecule has 1 aliphatic rings. The van der Waals surface area contributed by atoms with Crippen molar-refractivity contribution in [3.8, 4) is 5.75 Å². The van der Waals surface area contributed by atoms with Crippen LogP contribution in [-0.4, -0.2) is 6.73 Å². The van der Waals surface area contributed by atoms with E-state index in [1.165, 1.54) is 5.56 Å². The average molecular weight is 177 g/mol. The van der Waals surface area contributed by atoms with Gasteiger partial charge in [0.15, 0.2) is 6.73 Å². The maximum atomic E-state index is 5.35. The van der Waals surface area contributed by atoms with Gasteiger partial charge in [0.1, 0.15) is 5.75 Å². The molecule has 0 saturated carbocycles. The summed E-state index contributed by atoms with van der Waals surface area (Å²) in [7, 11) is 0. The van der Waals surface area contributed by atoms with E-state index in [4.69, 9.17) is 4.74 Å². The van der Waals surface area contributed by atoms with E-state index in [0.29, 0.717) is 6.73 Å². The third kappa shape index (κ3) is 1.48. The van der Waals surface area contributed by atoms with E-state index in [1.54, 1.807) is 0 Å². The quantitative estimate of drug-likeness (QED) is 0.658. The molecule has 1 aromatic rings. The van der Waals surface area contributed by atoms with Crippen LogP contribution in [0.1, 0.15) is 26.3 Å². The lowest BCUT2D eigenvalue weighted by Crippen LogP contribution is -2.10. The highest BCUT2D eigenvalue weighted by Gasteiger charge is 2.17. The Morgan fingerprint density at radius 1 is 1.31 bits per heavy atom. The second-order valence-corrected chi connectivity index (χ2v) is 4.43. The molecule has 2 rings (SSSR count). The summed E-state index contributed by atoms with van der Waals surface area (Å²) in [5, 5.41) is 3.19. The summed E-state index contributed by atoms with van der Waals surface area (Å²) in [6, 6.07) is 6.34. The van der Waals surface area contributed by atoms with Gasteiger partial charge in [-0.2, -0.15) is 0 Å². The summed E-state index contributed by atoms with van der Waals surface area (Å²) < 4.78 is 5.35. The van der Waals surface area contributed by atoms with Crippen LogP contribution >= 0.6 is 0 Å². The summed E-state index contributed by atoms with van der Waals surface area (Å²) in [6.45, 7) is 7.24. The maximum Gasteiger partial charge on any atom is 0.159 e. The molecule has 0 spiro atoms. The number of nitrogens with one attached hydrogen (secondary N) is 1. The first-order valence-corrected chi connectivity index (χ1v) is 4.58. The number of benzene rings is 1. The zero-order chi connectivity index (χ0) is 9.47. The molecule has 0 radical (unpaired) electrons. The van der Waals surface area contributed by atoms with Crippen molar-refractivity contribution in [1.29, 1.82) is 0 Å². The standard InChI is InChI=1S/C11H15NO/c1-11(2,3)8-4-5-10-9(6-8)12-7-13-10/h4-6,12H,7H2,1-3H3. The first kappa shape index (κ1) is 8.42. The van der Waals surface area contributed by atoms with Crippen LogP contribution < -0.4 is 10.1 Å². The second kappa shape index (κ2) is 2.66. The van der Waals surface area contributed by atoms with Gasteiger partial charge >= 0.3 is 0 Å². The first-order chi connectivity index (χ1) is 6.07. The van der Waals surface area contributed by atoms with E-state index < -0.39 is 0 Å².